The third-order valence-corrected chi connectivity index (χ3v) is 4.86. The standard InChI is InChI=1S/C14H24N2O3S/c1-10-6-13(9-17)7-14(12(10)3)20(18,19)15-11(2)8-16(4)5/h6-7,11,15,17H,8-9H2,1-5H3. The molecule has 0 spiro atoms. The van der Waals surface area contributed by atoms with Crippen LogP contribution in [0.4, 0.5) is 0 Å². The Labute approximate surface area is 121 Å². The van der Waals surface area contributed by atoms with E-state index in [4.69, 9.17) is 0 Å². The summed E-state index contributed by atoms with van der Waals surface area (Å²) in [7, 11) is 0.212. The molecule has 2 N–H and O–H groups in total. The molecule has 20 heavy (non-hydrogen) atoms. The quantitative estimate of drug-likeness (QED) is 0.823. The summed E-state index contributed by atoms with van der Waals surface area (Å²) in [6.45, 7) is 5.90. The minimum atomic E-state index is -3.58. The van der Waals surface area contributed by atoms with Crippen molar-refractivity contribution in [2.24, 2.45) is 0 Å². The van der Waals surface area contributed by atoms with Gasteiger partial charge in [-0.3, -0.25) is 0 Å². The highest BCUT2D eigenvalue weighted by Gasteiger charge is 2.21. The molecule has 1 unspecified atom stereocenters. The first-order chi connectivity index (χ1) is 9.17. The van der Waals surface area contributed by atoms with E-state index < -0.39 is 10.0 Å². The fourth-order valence-electron chi connectivity index (χ4n) is 2.18. The molecule has 1 aromatic carbocycles. The highest BCUT2D eigenvalue weighted by atomic mass is 32.2. The van der Waals surface area contributed by atoms with Crippen molar-refractivity contribution in [3.05, 3.63) is 28.8 Å². The maximum absolute atomic E-state index is 12.5. The van der Waals surface area contributed by atoms with Crippen LogP contribution in [0.2, 0.25) is 0 Å². The highest BCUT2D eigenvalue weighted by Crippen LogP contribution is 2.21. The van der Waals surface area contributed by atoms with E-state index in [1.54, 1.807) is 13.0 Å². The zero-order valence-corrected chi connectivity index (χ0v) is 13.6. The largest absolute Gasteiger partial charge is 0.392 e. The molecule has 114 valence electrons. The van der Waals surface area contributed by atoms with Crippen molar-refractivity contribution < 1.29 is 13.5 Å². The summed E-state index contributed by atoms with van der Waals surface area (Å²) in [6.07, 6.45) is 0. The van der Waals surface area contributed by atoms with E-state index in [0.717, 1.165) is 5.56 Å². The summed E-state index contributed by atoms with van der Waals surface area (Å²) in [5, 5.41) is 9.22. The molecule has 1 atom stereocenters. The predicted octanol–water partition coefficient (Wildman–Crippen LogP) is 1.02. The predicted molar refractivity (Wildman–Crippen MR) is 80.2 cm³/mol. The van der Waals surface area contributed by atoms with Crippen LogP contribution in [0.25, 0.3) is 0 Å². The van der Waals surface area contributed by atoms with Gasteiger partial charge in [0.2, 0.25) is 10.0 Å². The molecule has 5 nitrogen and oxygen atoms in total. The number of nitrogens with one attached hydrogen (secondary N) is 1. The zero-order chi connectivity index (χ0) is 15.5. The van der Waals surface area contributed by atoms with Crippen LogP contribution < -0.4 is 4.72 Å². The minimum absolute atomic E-state index is 0.170. The van der Waals surface area contributed by atoms with Crippen LogP contribution in [0.5, 0.6) is 0 Å². The Bertz CT molecular complexity index is 568. The van der Waals surface area contributed by atoms with Crippen LogP contribution in [-0.4, -0.2) is 45.1 Å². The smallest absolute Gasteiger partial charge is 0.241 e. The number of aryl methyl sites for hydroxylation is 1. The van der Waals surface area contributed by atoms with Crippen molar-refractivity contribution in [2.45, 2.75) is 38.3 Å². The second-order valence-electron chi connectivity index (χ2n) is 5.48. The number of likely N-dealkylation sites (N-methyl/N-ethyl adjacent to an activating group) is 1. The zero-order valence-electron chi connectivity index (χ0n) is 12.8. The third kappa shape index (κ3) is 4.28. The van der Waals surface area contributed by atoms with E-state index in [1.165, 1.54) is 6.07 Å². The van der Waals surface area contributed by atoms with Gasteiger partial charge in [-0.2, -0.15) is 0 Å². The lowest BCUT2D eigenvalue weighted by Gasteiger charge is -2.20. The number of aliphatic hydroxyl groups is 1. The van der Waals surface area contributed by atoms with Crippen LogP contribution in [0, 0.1) is 13.8 Å². The highest BCUT2D eigenvalue weighted by molar-refractivity contribution is 7.89. The summed E-state index contributed by atoms with van der Waals surface area (Å²) in [4.78, 5) is 2.17. The molecule has 0 aliphatic rings. The third-order valence-electron chi connectivity index (χ3n) is 3.15. The van der Waals surface area contributed by atoms with Crippen molar-refractivity contribution in [3.8, 4) is 0 Å². The molecule has 1 rings (SSSR count). The average molecular weight is 300 g/mol. The van der Waals surface area contributed by atoms with Gasteiger partial charge >= 0.3 is 0 Å². The molecule has 1 aromatic rings. The van der Waals surface area contributed by atoms with Gasteiger partial charge in [-0.05, 0) is 57.6 Å². The van der Waals surface area contributed by atoms with Crippen LogP contribution in [-0.2, 0) is 16.6 Å². The Morgan fingerprint density at radius 2 is 1.90 bits per heavy atom. The van der Waals surface area contributed by atoms with E-state index in [-0.39, 0.29) is 17.5 Å². The van der Waals surface area contributed by atoms with Crippen LogP contribution >= 0.6 is 0 Å². The van der Waals surface area contributed by atoms with Crippen LogP contribution in [0.3, 0.4) is 0 Å². The maximum atomic E-state index is 12.5. The maximum Gasteiger partial charge on any atom is 0.241 e. The Kier molecular flexibility index (Phi) is 5.70. The number of hydrogen-bond acceptors (Lipinski definition) is 4. The molecule has 0 saturated heterocycles. The average Bonchev–Trinajstić information content (AvgIpc) is 2.30. The summed E-state index contributed by atoms with van der Waals surface area (Å²) in [6, 6.07) is 3.15. The van der Waals surface area contributed by atoms with Crippen LogP contribution in [0.15, 0.2) is 17.0 Å². The fourth-order valence-corrected chi connectivity index (χ4v) is 3.78. The lowest BCUT2D eigenvalue weighted by atomic mass is 10.1. The number of sulfonamides is 1. The normalized spacial score (nSPS) is 13.8. The summed E-state index contributed by atoms with van der Waals surface area (Å²) in [5.41, 5.74) is 2.18. The van der Waals surface area contributed by atoms with Crippen LogP contribution in [0.1, 0.15) is 23.6 Å². The molecule has 0 radical (unpaired) electrons. The van der Waals surface area contributed by atoms with Crippen molar-refractivity contribution in [2.75, 3.05) is 20.6 Å². The van der Waals surface area contributed by atoms with Crippen molar-refractivity contribution in [1.82, 2.24) is 9.62 Å². The van der Waals surface area contributed by atoms with E-state index in [1.807, 2.05) is 32.8 Å². The molecule has 0 aromatic heterocycles. The number of rotatable bonds is 6. The SMILES string of the molecule is Cc1cc(CO)cc(S(=O)(=O)NC(C)CN(C)C)c1C. The first kappa shape index (κ1) is 17.1. The second kappa shape index (κ2) is 6.67. The molecule has 0 fully saturated rings. The lowest BCUT2D eigenvalue weighted by molar-refractivity contribution is 0.281. The second-order valence-corrected chi connectivity index (χ2v) is 7.16. The Morgan fingerprint density at radius 3 is 2.40 bits per heavy atom. The molecule has 0 saturated carbocycles. The fraction of sp³-hybridized carbons (Fsp3) is 0.571. The van der Waals surface area contributed by atoms with Gasteiger partial charge in [0.15, 0.2) is 0 Å². The van der Waals surface area contributed by atoms with Gasteiger partial charge < -0.3 is 10.0 Å². The Balaban J connectivity index is 3.12. The monoisotopic (exact) mass is 300 g/mol. The number of benzene rings is 1. The molecule has 0 bridgehead atoms. The van der Waals surface area contributed by atoms with E-state index in [0.29, 0.717) is 17.7 Å². The molecule has 0 amide bonds. The number of hydrogen-bond donors (Lipinski definition) is 2. The topological polar surface area (TPSA) is 69.6 Å². The van der Waals surface area contributed by atoms with E-state index in [2.05, 4.69) is 4.72 Å². The number of aliphatic hydroxyl groups excluding tert-OH is 1. The molecular formula is C14H24N2O3S. The molecule has 0 aliphatic heterocycles. The van der Waals surface area contributed by atoms with Gasteiger partial charge in [-0.25, -0.2) is 13.1 Å². The van der Waals surface area contributed by atoms with Crippen molar-refractivity contribution >= 4 is 10.0 Å². The molecule has 6 heteroatoms. The molecule has 0 heterocycles. The van der Waals surface area contributed by atoms with Crippen molar-refractivity contribution in [3.63, 3.8) is 0 Å². The van der Waals surface area contributed by atoms with Gasteiger partial charge in [-0.1, -0.05) is 6.07 Å². The first-order valence-corrected chi connectivity index (χ1v) is 8.03. The summed E-state index contributed by atoms with van der Waals surface area (Å²) >= 11 is 0. The number of nitrogens with zero attached hydrogens (tertiary/aromatic N) is 1. The summed E-state index contributed by atoms with van der Waals surface area (Å²) < 4.78 is 27.6. The van der Waals surface area contributed by atoms with E-state index in [9.17, 15) is 13.5 Å². The Hall–Kier alpha value is -0.950. The summed E-state index contributed by atoms with van der Waals surface area (Å²) in [5.74, 6) is 0. The van der Waals surface area contributed by atoms with E-state index >= 15 is 0 Å². The van der Waals surface area contributed by atoms with Gasteiger partial charge in [0.05, 0.1) is 11.5 Å². The molecule has 0 aliphatic carbocycles. The lowest BCUT2D eigenvalue weighted by Crippen LogP contribution is -2.39. The van der Waals surface area contributed by atoms with Gasteiger partial charge in [0.25, 0.3) is 0 Å². The van der Waals surface area contributed by atoms with Gasteiger partial charge in [-0.15, -0.1) is 0 Å². The van der Waals surface area contributed by atoms with Gasteiger partial charge in [0.1, 0.15) is 0 Å². The molecular weight excluding hydrogens is 276 g/mol. The minimum Gasteiger partial charge on any atom is -0.392 e. The Morgan fingerprint density at radius 1 is 1.30 bits per heavy atom. The first-order valence-electron chi connectivity index (χ1n) is 6.55. The van der Waals surface area contributed by atoms with Crippen molar-refractivity contribution in [1.29, 1.82) is 0 Å². The van der Waals surface area contributed by atoms with Gasteiger partial charge in [0, 0.05) is 12.6 Å².